The van der Waals surface area contributed by atoms with Gasteiger partial charge in [-0.1, -0.05) is 27.6 Å². The van der Waals surface area contributed by atoms with E-state index in [2.05, 4.69) is 20.9 Å². The van der Waals surface area contributed by atoms with Crippen LogP contribution in [-0.2, 0) is 9.84 Å². The number of pyridine rings is 1. The van der Waals surface area contributed by atoms with Crippen molar-refractivity contribution in [1.29, 1.82) is 0 Å². The van der Waals surface area contributed by atoms with Gasteiger partial charge in [-0.2, -0.15) is 11.8 Å². The van der Waals surface area contributed by atoms with Crippen molar-refractivity contribution in [2.75, 3.05) is 24.6 Å². The number of carbonyl (C=O) groups excluding carboxylic acids is 1. The van der Waals surface area contributed by atoms with E-state index in [1.54, 1.807) is 53.1 Å². The maximum Gasteiger partial charge on any atom is 0.256 e. The molecule has 8 heteroatoms. The fourth-order valence-electron chi connectivity index (χ4n) is 3.39. The smallest absolute Gasteiger partial charge is 0.256 e. The maximum absolute atomic E-state index is 13.7. The van der Waals surface area contributed by atoms with Gasteiger partial charge < -0.3 is 4.90 Å². The van der Waals surface area contributed by atoms with Crippen LogP contribution in [0.15, 0.2) is 62.9 Å². The minimum absolute atomic E-state index is 0.0387. The average molecular weight is 491 g/mol. The third-order valence-corrected chi connectivity index (χ3v) is 8.24. The standard InChI is InChI=1S/C21H19BrN2O3S2/c1-14-2-7-19-17(12-14)20(29(26,27)16-5-3-15(22)4-6-16)18(13-23-19)21(25)24-8-10-28-11-9-24/h2-7,12-13H,8-11H2,1H3. The van der Waals surface area contributed by atoms with Gasteiger partial charge in [0.15, 0.2) is 0 Å². The van der Waals surface area contributed by atoms with Crippen molar-refractivity contribution >= 4 is 54.3 Å². The number of rotatable bonds is 3. The van der Waals surface area contributed by atoms with Crippen molar-refractivity contribution in [1.82, 2.24) is 9.88 Å². The molecule has 1 fully saturated rings. The second kappa shape index (κ2) is 8.08. The Labute approximate surface area is 182 Å². The first kappa shape index (κ1) is 20.4. The Balaban J connectivity index is 1.97. The third kappa shape index (κ3) is 3.93. The Kier molecular flexibility index (Phi) is 5.68. The molecule has 0 unspecified atom stereocenters. The topological polar surface area (TPSA) is 67.3 Å². The second-order valence-corrected chi connectivity index (χ2v) is 10.9. The number of carbonyl (C=O) groups is 1. The lowest BCUT2D eigenvalue weighted by atomic mass is 10.1. The molecule has 1 amide bonds. The molecule has 2 heterocycles. The summed E-state index contributed by atoms with van der Waals surface area (Å²) >= 11 is 5.13. The molecule has 1 aromatic heterocycles. The maximum atomic E-state index is 13.7. The summed E-state index contributed by atoms with van der Waals surface area (Å²) in [6, 6.07) is 11.9. The molecule has 0 saturated carbocycles. The van der Waals surface area contributed by atoms with Crippen molar-refractivity contribution in [3.05, 3.63) is 64.3 Å². The number of fused-ring (bicyclic) bond motifs is 1. The number of halogens is 1. The number of nitrogens with zero attached hydrogens (tertiary/aromatic N) is 2. The van der Waals surface area contributed by atoms with Gasteiger partial charge in [-0.05, 0) is 43.3 Å². The molecule has 0 atom stereocenters. The number of aromatic nitrogens is 1. The highest BCUT2D eigenvalue weighted by molar-refractivity contribution is 9.10. The summed E-state index contributed by atoms with van der Waals surface area (Å²) in [5.41, 5.74) is 1.60. The van der Waals surface area contributed by atoms with Crippen molar-refractivity contribution in [2.45, 2.75) is 16.7 Å². The van der Waals surface area contributed by atoms with E-state index in [4.69, 9.17) is 0 Å². The monoisotopic (exact) mass is 490 g/mol. The van der Waals surface area contributed by atoms with E-state index in [1.807, 2.05) is 13.0 Å². The van der Waals surface area contributed by atoms with Crippen LogP contribution in [-0.4, -0.2) is 48.8 Å². The first-order valence-corrected chi connectivity index (χ1v) is 12.6. The summed E-state index contributed by atoms with van der Waals surface area (Å²) in [5, 5.41) is 0.477. The highest BCUT2D eigenvalue weighted by Crippen LogP contribution is 2.32. The Bertz CT molecular complexity index is 1190. The first-order valence-electron chi connectivity index (χ1n) is 9.15. The largest absolute Gasteiger partial charge is 0.337 e. The van der Waals surface area contributed by atoms with E-state index in [-0.39, 0.29) is 21.3 Å². The predicted octanol–water partition coefficient (Wildman–Crippen LogP) is 4.33. The first-order chi connectivity index (χ1) is 13.9. The van der Waals surface area contributed by atoms with Crippen LogP contribution in [0.3, 0.4) is 0 Å². The number of aryl methyl sites for hydroxylation is 1. The van der Waals surface area contributed by atoms with Crippen LogP contribution in [0.2, 0.25) is 0 Å². The van der Waals surface area contributed by atoms with Gasteiger partial charge in [-0.3, -0.25) is 9.78 Å². The Morgan fingerprint density at radius 1 is 1.10 bits per heavy atom. The molecule has 0 aliphatic carbocycles. The predicted molar refractivity (Wildman–Crippen MR) is 119 cm³/mol. The molecule has 0 N–H and O–H groups in total. The van der Waals surface area contributed by atoms with E-state index >= 15 is 0 Å². The van der Waals surface area contributed by atoms with Crippen molar-refractivity contribution in [2.24, 2.45) is 0 Å². The molecule has 1 aliphatic rings. The molecule has 4 rings (SSSR count). The molecule has 1 aliphatic heterocycles. The van der Waals surface area contributed by atoms with E-state index in [9.17, 15) is 13.2 Å². The Morgan fingerprint density at radius 3 is 2.48 bits per heavy atom. The molecule has 150 valence electrons. The number of amides is 1. The summed E-state index contributed by atoms with van der Waals surface area (Å²) in [6.45, 7) is 3.10. The van der Waals surface area contributed by atoms with Crippen LogP contribution in [0.1, 0.15) is 15.9 Å². The van der Waals surface area contributed by atoms with Crippen LogP contribution in [0.5, 0.6) is 0 Å². The van der Waals surface area contributed by atoms with Crippen molar-refractivity contribution in [3.8, 4) is 0 Å². The molecule has 0 radical (unpaired) electrons. The fourth-order valence-corrected chi connectivity index (χ4v) is 6.17. The zero-order valence-electron chi connectivity index (χ0n) is 15.8. The zero-order valence-corrected chi connectivity index (χ0v) is 19.0. The Hall–Kier alpha value is -1.90. The van der Waals surface area contributed by atoms with Crippen LogP contribution in [0.4, 0.5) is 0 Å². The van der Waals surface area contributed by atoms with Crippen LogP contribution in [0, 0.1) is 6.92 Å². The molecule has 2 aromatic carbocycles. The third-order valence-electron chi connectivity index (χ3n) is 4.90. The lowest BCUT2D eigenvalue weighted by Crippen LogP contribution is -2.38. The Morgan fingerprint density at radius 2 is 1.79 bits per heavy atom. The van der Waals surface area contributed by atoms with Gasteiger partial charge in [0.1, 0.15) is 0 Å². The van der Waals surface area contributed by atoms with Gasteiger partial charge in [-0.15, -0.1) is 0 Å². The molecule has 29 heavy (non-hydrogen) atoms. The number of sulfone groups is 1. The summed E-state index contributed by atoms with van der Waals surface area (Å²) in [7, 11) is -3.93. The lowest BCUT2D eigenvalue weighted by Gasteiger charge is -2.27. The molecule has 0 spiro atoms. The molecule has 3 aromatic rings. The number of hydrogen-bond acceptors (Lipinski definition) is 5. The number of hydrogen-bond donors (Lipinski definition) is 0. The summed E-state index contributed by atoms with van der Waals surface area (Å²) in [6.07, 6.45) is 1.41. The van der Waals surface area contributed by atoms with Gasteiger partial charge in [0, 0.05) is 40.7 Å². The molecular formula is C21H19BrN2O3S2. The average Bonchev–Trinajstić information content (AvgIpc) is 2.73. The van der Waals surface area contributed by atoms with Gasteiger partial charge >= 0.3 is 0 Å². The van der Waals surface area contributed by atoms with Gasteiger partial charge in [0.25, 0.3) is 5.91 Å². The quantitative estimate of drug-likeness (QED) is 0.546. The van der Waals surface area contributed by atoms with Crippen LogP contribution >= 0.6 is 27.7 Å². The van der Waals surface area contributed by atoms with E-state index in [0.717, 1.165) is 21.5 Å². The van der Waals surface area contributed by atoms with Crippen LogP contribution < -0.4 is 0 Å². The highest BCUT2D eigenvalue weighted by atomic mass is 79.9. The van der Waals surface area contributed by atoms with E-state index in [0.29, 0.717) is 24.0 Å². The normalized spacial score (nSPS) is 14.9. The van der Waals surface area contributed by atoms with Crippen molar-refractivity contribution < 1.29 is 13.2 Å². The number of thioether (sulfide) groups is 1. The van der Waals surface area contributed by atoms with E-state index in [1.165, 1.54) is 6.20 Å². The molecule has 0 bridgehead atoms. The van der Waals surface area contributed by atoms with Gasteiger partial charge in [0.2, 0.25) is 9.84 Å². The lowest BCUT2D eigenvalue weighted by molar-refractivity contribution is 0.0768. The second-order valence-electron chi connectivity index (χ2n) is 6.88. The zero-order chi connectivity index (χ0) is 20.6. The number of benzene rings is 2. The van der Waals surface area contributed by atoms with Gasteiger partial charge in [0.05, 0.1) is 20.9 Å². The van der Waals surface area contributed by atoms with Gasteiger partial charge in [-0.25, -0.2) is 8.42 Å². The summed E-state index contributed by atoms with van der Waals surface area (Å²) in [4.78, 5) is 19.6. The molecular weight excluding hydrogens is 472 g/mol. The summed E-state index contributed by atoms with van der Waals surface area (Å²) in [5.74, 6) is 1.42. The highest BCUT2D eigenvalue weighted by Gasteiger charge is 2.30. The SMILES string of the molecule is Cc1ccc2ncc(C(=O)N3CCSCC3)c(S(=O)(=O)c3ccc(Br)cc3)c2c1. The minimum Gasteiger partial charge on any atom is -0.337 e. The summed E-state index contributed by atoms with van der Waals surface area (Å²) < 4.78 is 28.1. The van der Waals surface area contributed by atoms with Crippen LogP contribution in [0.25, 0.3) is 10.9 Å². The van der Waals surface area contributed by atoms with Crippen molar-refractivity contribution in [3.63, 3.8) is 0 Å². The fraction of sp³-hybridized carbons (Fsp3) is 0.238. The minimum atomic E-state index is -3.93. The van der Waals surface area contributed by atoms with E-state index < -0.39 is 9.84 Å². The molecule has 1 saturated heterocycles. The molecule has 5 nitrogen and oxygen atoms in total.